The molecule has 9 rings (SSSR count). The predicted octanol–water partition coefficient (Wildman–Crippen LogP) is 11.8. The number of halogens is 4. The standard InChI is InChI=1S/2C18H15P.C17H12F2NP.2Cu.2HI/c2*1-4-10-16(11-5-1)19(17-12-6-2-7-13-17)18-14-8-3-9-15-18;18-13-4-8-15(9-5-13)21(17-3-1-2-12-20-17)16-10-6-14(19)7-11-16;;;;/h2*1-15H;1-12H;;;2*1H/q;;;2*+1;;/p-2. The molecule has 0 spiro atoms. The smallest absolute Gasteiger partial charge is 0.0134 e. The minimum Gasteiger partial charge on any atom is -0.0622 e. The molecule has 0 N–H and O–H groups in total. The van der Waals surface area contributed by atoms with Crippen molar-refractivity contribution in [1.29, 1.82) is 0 Å². The molecule has 0 aliphatic carbocycles. The van der Waals surface area contributed by atoms with Crippen molar-refractivity contribution >= 4 is 112 Å². The van der Waals surface area contributed by atoms with Crippen LogP contribution < -0.4 is 47.9 Å². The molecule has 0 radical (unpaired) electrons. The first-order valence-corrected chi connectivity index (χ1v) is 29.6. The molecule has 0 aliphatic rings. The fourth-order valence-electron chi connectivity index (χ4n) is 6.44. The summed E-state index contributed by atoms with van der Waals surface area (Å²) < 4.78 is 26.3. The first-order valence-electron chi connectivity index (χ1n) is 19.5. The first kappa shape index (κ1) is 50.6. The Hall–Kier alpha value is -3.44. The van der Waals surface area contributed by atoms with E-state index in [9.17, 15) is 8.78 Å². The van der Waals surface area contributed by atoms with Gasteiger partial charge in [0.25, 0.3) is 0 Å². The van der Waals surface area contributed by atoms with E-state index in [1.54, 1.807) is 71.2 Å². The van der Waals surface area contributed by atoms with Crippen LogP contribution in [0.15, 0.2) is 255 Å². The molecule has 1 nitrogen and oxygen atoms in total. The van der Waals surface area contributed by atoms with E-state index in [0.717, 1.165) is 16.0 Å². The van der Waals surface area contributed by atoms with Gasteiger partial charge in [0.05, 0.1) is 5.44 Å². The zero-order valence-corrected chi connectivity index (χ0v) is 42.5. The summed E-state index contributed by atoms with van der Waals surface area (Å²) in [4.78, 5) is 4.42. The Bertz CT molecular complexity index is 2210. The molecule has 8 aromatic carbocycles. The van der Waals surface area contributed by atoms with Gasteiger partial charge >= 0.3 is 66.2 Å². The van der Waals surface area contributed by atoms with Gasteiger partial charge in [0.15, 0.2) is 0 Å². The number of nitrogens with zero attached hydrogens (tertiary/aromatic N) is 1. The van der Waals surface area contributed by atoms with Crippen LogP contribution in [0.5, 0.6) is 0 Å². The van der Waals surface area contributed by atoms with Crippen LogP contribution in [0, 0.1) is 11.6 Å². The molecule has 0 aliphatic heterocycles. The molecular formula is C53H42Cu2F2I2NP3. The van der Waals surface area contributed by atoms with Crippen LogP contribution in [0.3, 0.4) is 0 Å². The maximum Gasteiger partial charge on any atom is -0.0134 e. The second-order valence-electron chi connectivity index (χ2n) is 13.2. The van der Waals surface area contributed by atoms with Crippen LogP contribution in [-0.4, -0.2) is 4.98 Å². The summed E-state index contributed by atoms with van der Waals surface area (Å²) in [7, 11) is -1.81. The SMILES string of the molecule is Fc1ccc(P(c2ccc(F)cc2)c2ccccn2)cc1.[Cu][I].[Cu][I].c1ccc(P(c2ccccc2)c2ccccc2)cc1.c1ccc(P(c2ccccc2)c2ccccc2)cc1. The van der Waals surface area contributed by atoms with Gasteiger partial charge in [-0.15, -0.1) is 0 Å². The van der Waals surface area contributed by atoms with Crippen LogP contribution in [0.1, 0.15) is 0 Å². The second-order valence-corrected chi connectivity index (χ2v) is 19.8. The molecule has 9 aromatic rings. The Morgan fingerprint density at radius 2 is 0.492 bits per heavy atom. The molecule has 0 bridgehead atoms. The summed E-state index contributed by atoms with van der Waals surface area (Å²) in [5.41, 5.74) is 0.908. The van der Waals surface area contributed by atoms with Gasteiger partial charge in [0.2, 0.25) is 0 Å². The summed E-state index contributed by atoms with van der Waals surface area (Å²) in [6.07, 6.45) is 1.73. The van der Waals surface area contributed by atoms with E-state index in [-0.39, 0.29) is 11.6 Å². The summed E-state index contributed by atoms with van der Waals surface area (Å²) in [5, 5.41) is 10.4. The normalized spacial score (nSPS) is 10.2. The topological polar surface area (TPSA) is 12.9 Å². The Morgan fingerprint density at radius 1 is 0.270 bits per heavy atom. The van der Waals surface area contributed by atoms with Gasteiger partial charge in [0.1, 0.15) is 11.6 Å². The average Bonchev–Trinajstić information content (AvgIpc) is 3.37. The number of benzene rings is 8. The fraction of sp³-hybridized carbons (Fsp3) is 0. The van der Waals surface area contributed by atoms with Crippen molar-refractivity contribution in [2.45, 2.75) is 0 Å². The molecule has 0 atom stereocenters. The van der Waals surface area contributed by atoms with Crippen molar-refractivity contribution in [3.63, 3.8) is 0 Å². The monoisotopic (exact) mass is 1200 g/mol. The summed E-state index contributed by atoms with van der Waals surface area (Å²) in [6.45, 7) is 0. The van der Waals surface area contributed by atoms with Crippen molar-refractivity contribution in [1.82, 2.24) is 4.98 Å². The third-order valence-electron chi connectivity index (χ3n) is 9.13. The molecule has 10 heteroatoms. The van der Waals surface area contributed by atoms with Crippen LogP contribution in [0.25, 0.3) is 0 Å². The molecule has 0 saturated heterocycles. The second kappa shape index (κ2) is 29.2. The number of hydrogen-bond acceptors (Lipinski definition) is 1. The number of rotatable bonds is 9. The molecule has 63 heavy (non-hydrogen) atoms. The third kappa shape index (κ3) is 15.9. The van der Waals surface area contributed by atoms with Crippen molar-refractivity contribution in [3.05, 3.63) is 267 Å². The van der Waals surface area contributed by atoms with E-state index >= 15 is 0 Å². The fourth-order valence-corrected chi connectivity index (χ4v) is 13.2. The van der Waals surface area contributed by atoms with Gasteiger partial charge in [0, 0.05) is 14.1 Å². The number of pyridine rings is 1. The van der Waals surface area contributed by atoms with E-state index in [0.29, 0.717) is 0 Å². The molecule has 1 heterocycles. The van der Waals surface area contributed by atoms with E-state index in [4.69, 9.17) is 0 Å². The maximum atomic E-state index is 13.1. The van der Waals surface area contributed by atoms with E-state index in [1.807, 2.05) is 18.2 Å². The predicted molar refractivity (Wildman–Crippen MR) is 281 cm³/mol. The zero-order chi connectivity index (χ0) is 44.5. The molecule has 324 valence electrons. The van der Waals surface area contributed by atoms with E-state index in [1.165, 1.54) is 56.1 Å². The number of hydrogen-bond donors (Lipinski definition) is 0. The number of aromatic nitrogens is 1. The van der Waals surface area contributed by atoms with E-state index in [2.05, 4.69) is 213 Å². The molecule has 0 fully saturated rings. The average molecular weight is 1200 g/mol. The zero-order valence-electron chi connectivity index (χ0n) is 33.7. The Morgan fingerprint density at radius 3 is 0.714 bits per heavy atom. The van der Waals surface area contributed by atoms with Crippen molar-refractivity contribution in [3.8, 4) is 0 Å². The van der Waals surface area contributed by atoms with Gasteiger partial charge in [-0.25, -0.2) is 8.78 Å². The van der Waals surface area contributed by atoms with Crippen LogP contribution in [0.2, 0.25) is 0 Å². The molecule has 0 saturated carbocycles. The molecule has 0 unspecified atom stereocenters. The summed E-state index contributed by atoms with van der Waals surface area (Å²) >= 11 is 11.7. The maximum absolute atomic E-state index is 13.1. The summed E-state index contributed by atoms with van der Waals surface area (Å²) in [6, 6.07) is 83.2. The van der Waals surface area contributed by atoms with Crippen LogP contribution in [0.4, 0.5) is 8.78 Å². The quantitative estimate of drug-likeness (QED) is 0.0797. The van der Waals surface area contributed by atoms with Crippen LogP contribution in [-0.2, 0) is 25.5 Å². The van der Waals surface area contributed by atoms with Crippen LogP contribution >= 0.6 is 64.5 Å². The summed E-state index contributed by atoms with van der Waals surface area (Å²) in [5.74, 6) is -0.539. The van der Waals surface area contributed by atoms with Gasteiger partial charge in [-0.1, -0.05) is 212 Å². The van der Waals surface area contributed by atoms with Crippen molar-refractivity contribution < 1.29 is 34.3 Å². The van der Waals surface area contributed by atoms with Crippen molar-refractivity contribution in [2.24, 2.45) is 0 Å². The molecular weight excluding hydrogens is 1160 g/mol. The third-order valence-corrected chi connectivity index (χ3v) is 16.4. The molecule has 1 aromatic heterocycles. The Labute approximate surface area is 414 Å². The van der Waals surface area contributed by atoms with Gasteiger partial charge in [-0.05, 0) is 94.7 Å². The minimum absolute atomic E-state index is 0.270. The first-order chi connectivity index (χ1) is 31.1. The Kier molecular flexibility index (Phi) is 23.4. The van der Waals surface area contributed by atoms with Gasteiger partial charge < -0.3 is 0 Å². The van der Waals surface area contributed by atoms with Gasteiger partial charge in [-0.3, -0.25) is 4.98 Å². The van der Waals surface area contributed by atoms with Gasteiger partial charge in [-0.2, -0.15) is 0 Å². The molecule has 0 amide bonds. The minimum atomic E-state index is -0.915. The largest absolute Gasteiger partial charge is 0.0622 e. The van der Waals surface area contributed by atoms with E-state index < -0.39 is 23.8 Å². The van der Waals surface area contributed by atoms with Crippen molar-refractivity contribution in [2.75, 3.05) is 0 Å². The Balaban J connectivity index is 0.000000171.